The summed E-state index contributed by atoms with van der Waals surface area (Å²) in [4.78, 5) is 19.1. The molecule has 4 aromatic rings. The maximum atomic E-state index is 13.7. The van der Waals surface area contributed by atoms with Crippen LogP contribution in [-0.4, -0.2) is 49.3 Å². The Morgan fingerprint density at radius 3 is 2.83 bits per heavy atom. The van der Waals surface area contributed by atoms with E-state index in [4.69, 9.17) is 9.15 Å². The molecule has 2 aliphatic rings. The molecule has 2 unspecified atom stereocenters. The third-order valence-corrected chi connectivity index (χ3v) is 7.61. The summed E-state index contributed by atoms with van der Waals surface area (Å²) in [7, 11) is 0. The minimum absolute atomic E-state index is 0.0834. The quantitative estimate of drug-likeness (QED) is 0.394. The topological polar surface area (TPSA) is 102 Å². The molecule has 0 spiro atoms. The lowest BCUT2D eigenvalue weighted by atomic mass is 10.0. The number of fused-ring (bicyclic) bond motifs is 1. The van der Waals surface area contributed by atoms with Crippen molar-refractivity contribution < 1.29 is 9.15 Å². The zero-order valence-electron chi connectivity index (χ0n) is 20.6. The predicted molar refractivity (Wildman–Crippen MR) is 135 cm³/mol. The lowest BCUT2D eigenvalue weighted by molar-refractivity contribution is 0.0541. The van der Waals surface area contributed by atoms with Crippen molar-refractivity contribution in [3.63, 3.8) is 0 Å². The molecular weight excluding hydrogens is 456 g/mol. The highest BCUT2D eigenvalue weighted by Gasteiger charge is 2.35. The van der Waals surface area contributed by atoms with Crippen LogP contribution >= 0.6 is 0 Å². The number of benzene rings is 1. The average molecular weight is 489 g/mol. The fourth-order valence-electron chi connectivity index (χ4n) is 5.81. The standard InChI is InChI=1S/C27H32N6O3/c1-18-7-4-8-19-15-23(27(34)28-24(18)19)25(26-29-30-31-33(26)20-9-2-3-10-20)32(16-21-11-5-13-35-21)17-22-12-6-14-36-22/h4-5,7-8,11,13,15,20,22,25H,2-3,6,9-10,12,14,16-17H2,1H3,(H,28,34). The number of para-hydroxylation sites is 1. The molecular formula is C27H32N6O3. The number of nitrogens with zero attached hydrogens (tertiary/aromatic N) is 5. The third kappa shape index (κ3) is 4.49. The van der Waals surface area contributed by atoms with E-state index in [1.807, 2.05) is 48.0 Å². The Morgan fingerprint density at radius 1 is 1.17 bits per heavy atom. The van der Waals surface area contributed by atoms with E-state index in [0.717, 1.165) is 67.4 Å². The van der Waals surface area contributed by atoms with Crippen molar-refractivity contribution in [3.8, 4) is 0 Å². The van der Waals surface area contributed by atoms with Crippen LogP contribution in [0.3, 0.4) is 0 Å². The summed E-state index contributed by atoms with van der Waals surface area (Å²) in [5.74, 6) is 1.52. The number of H-pyrrole nitrogens is 1. The second kappa shape index (κ2) is 9.99. The van der Waals surface area contributed by atoms with Gasteiger partial charge in [0.1, 0.15) is 11.8 Å². The van der Waals surface area contributed by atoms with E-state index in [2.05, 4.69) is 25.4 Å². The van der Waals surface area contributed by atoms with Crippen LogP contribution in [0.5, 0.6) is 0 Å². The molecule has 2 fully saturated rings. The van der Waals surface area contributed by atoms with Crippen molar-refractivity contribution >= 4 is 10.9 Å². The number of pyridine rings is 1. The van der Waals surface area contributed by atoms with Crippen molar-refractivity contribution in [2.75, 3.05) is 13.2 Å². The smallest absolute Gasteiger partial charge is 0.253 e. The van der Waals surface area contributed by atoms with Gasteiger partial charge in [0.25, 0.3) is 5.56 Å². The predicted octanol–water partition coefficient (Wildman–Crippen LogP) is 4.30. The summed E-state index contributed by atoms with van der Waals surface area (Å²) >= 11 is 0. The van der Waals surface area contributed by atoms with Crippen molar-refractivity contribution in [2.45, 2.75) is 70.2 Å². The lowest BCUT2D eigenvalue weighted by Crippen LogP contribution is -2.39. The molecule has 0 radical (unpaired) electrons. The first-order valence-corrected chi connectivity index (χ1v) is 13.0. The fourth-order valence-corrected chi connectivity index (χ4v) is 5.81. The van der Waals surface area contributed by atoms with Crippen LogP contribution in [0.4, 0.5) is 0 Å². The molecule has 9 heteroatoms. The second-order valence-corrected chi connectivity index (χ2v) is 10.1. The Morgan fingerprint density at radius 2 is 2.06 bits per heavy atom. The minimum Gasteiger partial charge on any atom is -0.468 e. The first-order chi connectivity index (χ1) is 17.7. The minimum atomic E-state index is -0.455. The van der Waals surface area contributed by atoms with E-state index in [-0.39, 0.29) is 17.7 Å². The molecule has 1 N–H and O–H groups in total. The van der Waals surface area contributed by atoms with Crippen LogP contribution in [0.15, 0.2) is 51.9 Å². The summed E-state index contributed by atoms with van der Waals surface area (Å²) in [6, 6.07) is 11.7. The van der Waals surface area contributed by atoms with Gasteiger partial charge in [-0.2, -0.15) is 0 Å². The van der Waals surface area contributed by atoms with Crippen molar-refractivity contribution in [1.82, 2.24) is 30.1 Å². The van der Waals surface area contributed by atoms with E-state index >= 15 is 0 Å². The van der Waals surface area contributed by atoms with Crippen LogP contribution in [-0.2, 0) is 11.3 Å². The zero-order valence-corrected chi connectivity index (χ0v) is 20.6. The number of ether oxygens (including phenoxy) is 1. The maximum Gasteiger partial charge on any atom is 0.253 e. The van der Waals surface area contributed by atoms with Gasteiger partial charge in [-0.15, -0.1) is 5.10 Å². The fraction of sp³-hybridized carbons (Fsp3) is 0.481. The first kappa shape index (κ1) is 23.1. The highest BCUT2D eigenvalue weighted by atomic mass is 16.5. The van der Waals surface area contributed by atoms with Gasteiger partial charge < -0.3 is 14.1 Å². The molecule has 1 saturated heterocycles. The summed E-state index contributed by atoms with van der Waals surface area (Å²) in [5.41, 5.74) is 2.40. The Bertz CT molecular complexity index is 1370. The summed E-state index contributed by atoms with van der Waals surface area (Å²) in [6.45, 7) is 3.94. The van der Waals surface area contributed by atoms with Gasteiger partial charge in [-0.05, 0) is 72.2 Å². The number of tetrazole rings is 1. The highest BCUT2D eigenvalue weighted by Crippen LogP contribution is 2.35. The van der Waals surface area contributed by atoms with Crippen molar-refractivity contribution in [1.29, 1.82) is 0 Å². The number of furan rings is 1. The number of nitrogens with one attached hydrogen (secondary N) is 1. The van der Waals surface area contributed by atoms with E-state index in [1.54, 1.807) is 6.26 Å². The molecule has 6 rings (SSSR count). The van der Waals surface area contributed by atoms with Crippen LogP contribution < -0.4 is 5.56 Å². The molecule has 2 atom stereocenters. The number of aryl methyl sites for hydroxylation is 1. The molecule has 0 bridgehead atoms. The molecule has 1 aliphatic heterocycles. The van der Waals surface area contributed by atoms with E-state index in [0.29, 0.717) is 24.5 Å². The normalized spacial score (nSPS) is 19.6. The van der Waals surface area contributed by atoms with Gasteiger partial charge in [0.15, 0.2) is 5.82 Å². The molecule has 3 aromatic heterocycles. The van der Waals surface area contributed by atoms with Gasteiger partial charge in [0.05, 0.1) is 30.5 Å². The maximum absolute atomic E-state index is 13.7. The number of aromatic nitrogens is 5. The van der Waals surface area contributed by atoms with Crippen molar-refractivity contribution in [2.24, 2.45) is 0 Å². The average Bonchev–Trinajstić information content (AvgIpc) is 3.68. The van der Waals surface area contributed by atoms with E-state index < -0.39 is 6.04 Å². The summed E-state index contributed by atoms with van der Waals surface area (Å²) in [5, 5.41) is 14.1. The van der Waals surface area contributed by atoms with E-state index in [1.165, 1.54) is 0 Å². The van der Waals surface area contributed by atoms with Gasteiger partial charge in [0.2, 0.25) is 0 Å². The molecule has 1 aliphatic carbocycles. The first-order valence-electron chi connectivity index (χ1n) is 13.0. The van der Waals surface area contributed by atoms with Gasteiger partial charge in [-0.3, -0.25) is 9.69 Å². The van der Waals surface area contributed by atoms with Gasteiger partial charge in [-0.25, -0.2) is 4.68 Å². The Labute approximate surface area is 209 Å². The van der Waals surface area contributed by atoms with Gasteiger partial charge >= 0.3 is 0 Å². The summed E-state index contributed by atoms with van der Waals surface area (Å²) in [6.07, 6.45) is 8.21. The summed E-state index contributed by atoms with van der Waals surface area (Å²) < 4.78 is 13.7. The number of rotatable bonds is 8. The van der Waals surface area contributed by atoms with Crippen molar-refractivity contribution in [3.05, 3.63) is 75.7 Å². The van der Waals surface area contributed by atoms with E-state index in [9.17, 15) is 4.79 Å². The SMILES string of the molecule is Cc1cccc2cc(C(c3nnnn3C3CCCC3)N(Cc3ccco3)CC3CCCO3)c(=O)[nH]c12. The Hall–Kier alpha value is -3.30. The molecule has 188 valence electrons. The number of aromatic amines is 1. The van der Waals surface area contributed by atoms with Crippen LogP contribution in [0.25, 0.3) is 10.9 Å². The Kier molecular flexibility index (Phi) is 6.41. The van der Waals surface area contributed by atoms with Gasteiger partial charge in [-0.1, -0.05) is 31.0 Å². The number of hydrogen-bond donors (Lipinski definition) is 1. The largest absolute Gasteiger partial charge is 0.468 e. The molecule has 1 aromatic carbocycles. The van der Waals surface area contributed by atoms with Crippen LogP contribution in [0.2, 0.25) is 0 Å². The number of hydrogen-bond acceptors (Lipinski definition) is 7. The highest BCUT2D eigenvalue weighted by molar-refractivity contribution is 5.82. The second-order valence-electron chi connectivity index (χ2n) is 10.1. The zero-order chi connectivity index (χ0) is 24.5. The molecule has 9 nitrogen and oxygen atoms in total. The van der Waals surface area contributed by atoms with Gasteiger partial charge in [0, 0.05) is 18.7 Å². The van der Waals surface area contributed by atoms with Crippen LogP contribution in [0, 0.1) is 6.92 Å². The Balaban J connectivity index is 1.51. The third-order valence-electron chi connectivity index (χ3n) is 7.61. The molecule has 36 heavy (non-hydrogen) atoms. The van der Waals surface area contributed by atoms with Crippen LogP contribution in [0.1, 0.15) is 73.3 Å². The lowest BCUT2D eigenvalue weighted by Gasteiger charge is -2.32. The molecule has 1 saturated carbocycles. The monoisotopic (exact) mass is 488 g/mol. The molecule has 0 amide bonds. The molecule has 4 heterocycles.